The van der Waals surface area contributed by atoms with Crippen molar-refractivity contribution in [2.45, 2.75) is 50.2 Å². The van der Waals surface area contributed by atoms with Crippen LogP contribution in [0.2, 0.25) is 0 Å². The van der Waals surface area contributed by atoms with Gasteiger partial charge in [-0.25, -0.2) is 4.98 Å². The number of anilines is 2. The molecule has 0 radical (unpaired) electrons. The van der Waals surface area contributed by atoms with Crippen LogP contribution in [0.15, 0.2) is 36.5 Å². The van der Waals surface area contributed by atoms with E-state index in [0.717, 1.165) is 32.0 Å². The average molecular weight is 591 g/mol. The van der Waals surface area contributed by atoms with E-state index >= 15 is 0 Å². The van der Waals surface area contributed by atoms with Gasteiger partial charge in [0.15, 0.2) is 7.05 Å². The van der Waals surface area contributed by atoms with Gasteiger partial charge in [-0.2, -0.15) is 26.3 Å². The fourth-order valence-electron chi connectivity index (χ4n) is 4.97. The van der Waals surface area contributed by atoms with Crippen molar-refractivity contribution >= 4 is 34.3 Å². The fourth-order valence-corrected chi connectivity index (χ4v) is 5.22. The highest BCUT2D eigenvalue weighted by Crippen LogP contribution is 2.38. The van der Waals surface area contributed by atoms with Crippen LogP contribution in [0, 0.1) is 4.91 Å². The monoisotopic (exact) mass is 590 g/mol. The Balaban J connectivity index is 1.19. The Labute approximate surface area is 233 Å². The molecule has 1 saturated heterocycles. The predicted molar refractivity (Wildman–Crippen MR) is 142 cm³/mol. The highest BCUT2D eigenvalue weighted by atomic mass is 32.1. The van der Waals surface area contributed by atoms with Gasteiger partial charge in [-0.3, -0.25) is 0 Å². The summed E-state index contributed by atoms with van der Waals surface area (Å²) in [6.07, 6.45) is -5.02. The minimum absolute atomic E-state index is 0.0160. The maximum absolute atomic E-state index is 13.4. The first-order valence-corrected chi connectivity index (χ1v) is 13.3. The smallest absolute Gasteiger partial charge is 0.382 e. The summed E-state index contributed by atoms with van der Waals surface area (Å²) in [7, 11) is 1.03. The van der Waals surface area contributed by atoms with Gasteiger partial charge in [-0.05, 0) is 49.9 Å². The maximum Gasteiger partial charge on any atom is 0.433 e. The number of nitroso groups, excluding NO2 is 1. The van der Waals surface area contributed by atoms with Gasteiger partial charge in [0.1, 0.15) is 16.2 Å². The Kier molecular flexibility index (Phi) is 9.18. The van der Waals surface area contributed by atoms with Crippen LogP contribution >= 0.6 is 12.2 Å². The summed E-state index contributed by atoms with van der Waals surface area (Å²) in [6.45, 7) is 2.68. The number of alkyl halides is 6. The largest absolute Gasteiger partial charge is 0.433 e. The Morgan fingerprint density at radius 1 is 1.02 bits per heavy atom. The summed E-state index contributed by atoms with van der Waals surface area (Å²) in [5.41, 5.74) is -1.38. The third-order valence-corrected chi connectivity index (χ3v) is 7.54. The molecule has 0 spiro atoms. The lowest BCUT2D eigenvalue weighted by molar-refractivity contribution is -0.430. The minimum atomic E-state index is -4.64. The van der Waals surface area contributed by atoms with Crippen LogP contribution in [0.5, 0.6) is 0 Å². The number of nitrogens with zero attached hydrogens (tertiary/aromatic N) is 4. The first-order chi connectivity index (χ1) is 18.8. The van der Waals surface area contributed by atoms with Crippen LogP contribution in [0.25, 0.3) is 0 Å². The van der Waals surface area contributed by atoms with E-state index in [2.05, 4.69) is 10.3 Å². The number of benzene rings is 1. The van der Waals surface area contributed by atoms with Crippen molar-refractivity contribution in [3.05, 3.63) is 52.7 Å². The second kappa shape index (κ2) is 12.2. The van der Waals surface area contributed by atoms with Gasteiger partial charge in [-0.1, -0.05) is 12.2 Å². The van der Waals surface area contributed by atoms with E-state index in [1.54, 1.807) is 0 Å². The number of thiocarbonyl (C=S) groups is 1. The van der Waals surface area contributed by atoms with Gasteiger partial charge < -0.3 is 19.9 Å². The molecule has 1 aliphatic carbocycles. The first-order valence-electron chi connectivity index (χ1n) is 12.9. The third kappa shape index (κ3) is 7.59. The second-order valence-electron chi connectivity index (χ2n) is 9.92. The van der Waals surface area contributed by atoms with E-state index in [9.17, 15) is 31.2 Å². The quantitative estimate of drug-likeness (QED) is 0.239. The Hall–Kier alpha value is -3.00. The molecule has 0 amide bonds. The van der Waals surface area contributed by atoms with Crippen molar-refractivity contribution in [3.8, 4) is 0 Å². The van der Waals surface area contributed by atoms with Gasteiger partial charge in [0.25, 0.3) is 5.69 Å². The van der Waals surface area contributed by atoms with Crippen molar-refractivity contribution in [2.24, 2.45) is 0 Å². The fraction of sp³-hybridized carbons (Fsp3) is 0.538. The van der Waals surface area contributed by atoms with Crippen molar-refractivity contribution < 1.29 is 35.8 Å². The van der Waals surface area contributed by atoms with Gasteiger partial charge in [0.2, 0.25) is 0 Å². The van der Waals surface area contributed by atoms with Crippen LogP contribution < -0.4 is 10.2 Å². The topological polar surface area (TPSA) is 60.7 Å². The summed E-state index contributed by atoms with van der Waals surface area (Å²) >= 11 is 5.55. The second-order valence-corrected chi connectivity index (χ2v) is 10.4. The number of rotatable bonds is 7. The number of pyridine rings is 1. The Morgan fingerprint density at radius 2 is 1.70 bits per heavy atom. The molecular weight excluding hydrogens is 560 g/mol. The van der Waals surface area contributed by atoms with E-state index < -0.39 is 29.3 Å². The molecule has 1 saturated carbocycles. The van der Waals surface area contributed by atoms with Crippen molar-refractivity contribution in [1.29, 1.82) is 0 Å². The number of nitrogens with one attached hydrogen (secondary N) is 1. The highest BCUT2D eigenvalue weighted by molar-refractivity contribution is 7.80. The zero-order valence-electron chi connectivity index (χ0n) is 21.8. The van der Waals surface area contributed by atoms with Crippen LogP contribution in [-0.2, 0) is 17.1 Å². The molecule has 40 heavy (non-hydrogen) atoms. The average Bonchev–Trinajstić information content (AvgIpc) is 2.91. The molecule has 0 bridgehead atoms. The Bertz CT molecular complexity index is 1190. The zero-order valence-corrected chi connectivity index (χ0v) is 22.6. The molecule has 14 heteroatoms. The molecule has 7 nitrogen and oxygen atoms in total. The lowest BCUT2D eigenvalue weighted by Gasteiger charge is -2.37. The third-order valence-electron chi connectivity index (χ3n) is 7.16. The van der Waals surface area contributed by atoms with E-state index in [0.29, 0.717) is 55.4 Å². The van der Waals surface area contributed by atoms with Crippen LogP contribution in [-0.4, -0.2) is 71.6 Å². The molecule has 2 aliphatic rings. The molecule has 0 unspecified atom stereocenters. The molecule has 0 atom stereocenters. The predicted octanol–water partition coefficient (Wildman–Crippen LogP) is 6.05. The lowest BCUT2D eigenvalue weighted by Crippen LogP contribution is -2.49. The molecule has 2 fully saturated rings. The number of ether oxygens (including phenoxy) is 1. The first kappa shape index (κ1) is 30.0. The van der Waals surface area contributed by atoms with Crippen molar-refractivity contribution in [1.82, 2.24) is 9.88 Å². The number of aromatic nitrogens is 1. The van der Waals surface area contributed by atoms with Crippen LogP contribution in [0.1, 0.15) is 36.9 Å². The molecular formula is C26H30F6N5O2S+. The van der Waals surface area contributed by atoms with E-state index in [1.807, 2.05) is 9.80 Å². The molecule has 2 heterocycles. The van der Waals surface area contributed by atoms with Gasteiger partial charge >= 0.3 is 12.4 Å². The number of halogens is 6. The SMILES string of the molecule is C[N+](=O)c1ccc(NC2CCC(OCC(=S)N3CCN(c4ccc(C(F)(F)F)nc4)CC3)CC2)cc1C(F)(F)F. The van der Waals surface area contributed by atoms with Crippen molar-refractivity contribution in [3.63, 3.8) is 0 Å². The van der Waals surface area contributed by atoms with Gasteiger partial charge in [0.05, 0.1) is 24.6 Å². The van der Waals surface area contributed by atoms with Crippen LogP contribution in [0.3, 0.4) is 0 Å². The lowest BCUT2D eigenvalue weighted by atomic mass is 9.92. The molecule has 1 N–H and O–H groups in total. The minimum Gasteiger partial charge on any atom is -0.382 e. The van der Waals surface area contributed by atoms with E-state index in [-0.39, 0.29) is 23.5 Å². The maximum atomic E-state index is 13.4. The summed E-state index contributed by atoms with van der Waals surface area (Å²) < 4.78 is 84.6. The number of hydrogen-bond donors (Lipinski definition) is 1. The molecule has 218 valence electrons. The van der Waals surface area contributed by atoms with Gasteiger partial charge in [0, 0.05) is 53.6 Å². The standard InChI is InChI=1S/C26H30F6N5O2S/c1-35(38)22-8-4-18(14-21(22)25(27,28)29)34-17-2-6-20(7-3-17)39-16-24(40)37-12-10-36(11-13-37)19-5-9-23(33-15-19)26(30,31)32/h4-5,8-9,14-15,17,20,34H,2-3,6-7,10-13,16H2,1H3/q+1. The molecule has 1 aliphatic heterocycles. The highest BCUT2D eigenvalue weighted by Gasteiger charge is 2.39. The van der Waals surface area contributed by atoms with E-state index in [1.165, 1.54) is 24.4 Å². The van der Waals surface area contributed by atoms with Crippen molar-refractivity contribution in [2.75, 3.05) is 50.1 Å². The number of hydrogen-bond acceptors (Lipinski definition) is 6. The number of piperazine rings is 1. The summed E-state index contributed by atoms with van der Waals surface area (Å²) in [4.78, 5) is 19.7. The summed E-state index contributed by atoms with van der Waals surface area (Å²) in [6, 6.07) is 6.01. The zero-order chi connectivity index (χ0) is 29.1. The Morgan fingerprint density at radius 3 is 2.25 bits per heavy atom. The molecule has 4 rings (SSSR count). The normalized spacial score (nSPS) is 20.4. The molecule has 2 aromatic rings. The summed E-state index contributed by atoms with van der Waals surface area (Å²) in [5.74, 6) is 0. The van der Waals surface area contributed by atoms with Gasteiger partial charge in [-0.15, -0.1) is 0 Å². The van der Waals surface area contributed by atoms with Crippen LogP contribution in [0.4, 0.5) is 43.4 Å². The molecule has 1 aromatic carbocycles. The molecule has 1 aromatic heterocycles. The summed E-state index contributed by atoms with van der Waals surface area (Å²) in [5, 5.41) is 3.15. The van der Waals surface area contributed by atoms with E-state index in [4.69, 9.17) is 17.0 Å².